The number of nitrogens with zero attached hydrogens (tertiary/aromatic N) is 6. The molecule has 0 saturated carbocycles. The van der Waals surface area contributed by atoms with Crippen LogP contribution in [-0.2, 0) is 17.8 Å². The second-order valence-corrected chi connectivity index (χ2v) is 9.15. The van der Waals surface area contributed by atoms with Gasteiger partial charge in [0.15, 0.2) is 0 Å². The van der Waals surface area contributed by atoms with Gasteiger partial charge < -0.3 is 15.0 Å². The molecule has 1 N–H and O–H groups in total. The van der Waals surface area contributed by atoms with Crippen molar-refractivity contribution >= 4 is 16.6 Å². The molecule has 1 aromatic carbocycles. The fourth-order valence-electron chi connectivity index (χ4n) is 5.40. The lowest BCUT2D eigenvalue weighted by molar-refractivity contribution is -0.0491. The summed E-state index contributed by atoms with van der Waals surface area (Å²) in [5, 5.41) is 18.5. The van der Waals surface area contributed by atoms with Crippen LogP contribution in [0.3, 0.4) is 0 Å². The maximum Gasteiger partial charge on any atom is 0.101 e. The van der Waals surface area contributed by atoms with E-state index in [0.29, 0.717) is 11.6 Å². The summed E-state index contributed by atoms with van der Waals surface area (Å²) in [6, 6.07) is 10.7. The van der Waals surface area contributed by atoms with Crippen molar-refractivity contribution in [3.05, 3.63) is 53.5 Å². The first-order chi connectivity index (χ1) is 15.7. The minimum atomic E-state index is 0.145. The van der Waals surface area contributed by atoms with Crippen LogP contribution in [-0.4, -0.2) is 64.6 Å². The van der Waals surface area contributed by atoms with E-state index in [1.165, 1.54) is 11.3 Å². The van der Waals surface area contributed by atoms with Crippen molar-refractivity contribution in [2.75, 3.05) is 37.6 Å². The van der Waals surface area contributed by atoms with E-state index in [0.717, 1.165) is 62.4 Å². The van der Waals surface area contributed by atoms with Gasteiger partial charge in [-0.1, -0.05) is 0 Å². The quantitative estimate of drug-likeness (QED) is 0.680. The van der Waals surface area contributed by atoms with Crippen molar-refractivity contribution in [2.45, 2.75) is 38.3 Å². The zero-order chi connectivity index (χ0) is 21.7. The molecule has 8 heteroatoms. The van der Waals surface area contributed by atoms with Gasteiger partial charge in [-0.3, -0.25) is 14.6 Å². The lowest BCUT2D eigenvalue weighted by atomic mass is 10.0. The molecule has 0 radical (unpaired) electrons. The molecule has 3 aliphatic heterocycles. The fraction of sp³-hybridized carbons (Fsp3) is 0.458. The SMILES string of the molecule is CC1CN(c2ccc(C#N)c3ncccc23)CC(CN2CC(n3ncc4c3CNC4)C2)O1. The van der Waals surface area contributed by atoms with Crippen molar-refractivity contribution < 1.29 is 4.74 Å². The molecule has 0 aliphatic carbocycles. The van der Waals surface area contributed by atoms with Crippen molar-refractivity contribution in [1.82, 2.24) is 25.0 Å². The first kappa shape index (κ1) is 19.7. The predicted molar refractivity (Wildman–Crippen MR) is 121 cm³/mol. The number of aromatic nitrogens is 3. The molecule has 2 atom stereocenters. The summed E-state index contributed by atoms with van der Waals surface area (Å²) in [6.45, 7) is 8.64. The Morgan fingerprint density at radius 3 is 2.97 bits per heavy atom. The highest BCUT2D eigenvalue weighted by molar-refractivity contribution is 5.95. The van der Waals surface area contributed by atoms with E-state index >= 15 is 0 Å². The third kappa shape index (κ3) is 3.34. The number of morpholine rings is 1. The Labute approximate surface area is 187 Å². The van der Waals surface area contributed by atoms with Crippen LogP contribution in [0.4, 0.5) is 5.69 Å². The Morgan fingerprint density at radius 1 is 1.19 bits per heavy atom. The van der Waals surface area contributed by atoms with Crippen molar-refractivity contribution in [1.29, 1.82) is 5.26 Å². The average Bonchev–Trinajstić information content (AvgIpc) is 3.39. The summed E-state index contributed by atoms with van der Waals surface area (Å²) in [6.07, 6.45) is 4.06. The molecular weight excluding hydrogens is 402 g/mol. The van der Waals surface area contributed by atoms with Crippen LogP contribution in [0, 0.1) is 11.3 Å². The van der Waals surface area contributed by atoms with Crippen molar-refractivity contribution in [2.24, 2.45) is 0 Å². The second-order valence-electron chi connectivity index (χ2n) is 9.15. The van der Waals surface area contributed by atoms with Gasteiger partial charge in [0.1, 0.15) is 6.07 Å². The van der Waals surface area contributed by atoms with E-state index in [2.05, 4.69) is 55.0 Å². The maximum atomic E-state index is 9.46. The topological polar surface area (TPSA) is 82.2 Å². The maximum absolute atomic E-state index is 9.46. The molecule has 3 aromatic rings. The summed E-state index contributed by atoms with van der Waals surface area (Å²) in [5.74, 6) is 0. The number of hydrogen-bond acceptors (Lipinski definition) is 7. The normalized spacial score (nSPS) is 23.8. The number of nitrogens with one attached hydrogen (secondary N) is 1. The van der Waals surface area contributed by atoms with Gasteiger partial charge in [0.25, 0.3) is 0 Å². The number of likely N-dealkylation sites (tertiary alicyclic amines) is 1. The van der Waals surface area contributed by atoms with E-state index in [9.17, 15) is 5.26 Å². The molecule has 164 valence electrons. The van der Waals surface area contributed by atoms with Gasteiger partial charge in [0.2, 0.25) is 0 Å². The summed E-state index contributed by atoms with van der Waals surface area (Å²) >= 11 is 0. The van der Waals surface area contributed by atoms with Crippen LogP contribution < -0.4 is 10.2 Å². The van der Waals surface area contributed by atoms with E-state index in [4.69, 9.17) is 4.74 Å². The highest BCUT2D eigenvalue weighted by atomic mass is 16.5. The Kier molecular flexibility index (Phi) is 4.83. The largest absolute Gasteiger partial charge is 0.370 e. The van der Waals surface area contributed by atoms with Crippen LogP contribution in [0.1, 0.15) is 29.8 Å². The monoisotopic (exact) mass is 429 g/mol. The summed E-state index contributed by atoms with van der Waals surface area (Å²) in [7, 11) is 0. The molecule has 5 heterocycles. The van der Waals surface area contributed by atoms with Gasteiger partial charge in [-0.05, 0) is 31.2 Å². The molecule has 2 fully saturated rings. The molecule has 8 nitrogen and oxygen atoms in total. The molecule has 2 saturated heterocycles. The Balaban J connectivity index is 1.15. The number of ether oxygens (including phenoxy) is 1. The Morgan fingerprint density at radius 2 is 2.09 bits per heavy atom. The number of anilines is 1. The highest BCUT2D eigenvalue weighted by Gasteiger charge is 2.35. The number of nitriles is 1. The van der Waals surface area contributed by atoms with Gasteiger partial charge in [-0.2, -0.15) is 10.4 Å². The average molecular weight is 430 g/mol. The number of fused-ring (bicyclic) bond motifs is 2. The zero-order valence-electron chi connectivity index (χ0n) is 18.2. The van der Waals surface area contributed by atoms with Gasteiger partial charge in [-0.25, -0.2) is 0 Å². The second kappa shape index (κ2) is 7.85. The Hall–Kier alpha value is -2.99. The van der Waals surface area contributed by atoms with Crippen LogP contribution in [0.25, 0.3) is 10.9 Å². The summed E-state index contributed by atoms with van der Waals surface area (Å²) in [5.41, 5.74) is 5.22. The highest BCUT2D eigenvalue weighted by Crippen LogP contribution is 2.31. The van der Waals surface area contributed by atoms with Gasteiger partial charge in [-0.15, -0.1) is 0 Å². The minimum absolute atomic E-state index is 0.145. The Bertz CT molecular complexity index is 1190. The number of benzene rings is 1. The van der Waals surface area contributed by atoms with E-state index in [1.54, 1.807) is 6.20 Å². The third-order valence-corrected chi connectivity index (χ3v) is 6.87. The molecule has 0 amide bonds. The zero-order valence-corrected chi connectivity index (χ0v) is 18.2. The van der Waals surface area contributed by atoms with Crippen LogP contribution in [0.15, 0.2) is 36.7 Å². The first-order valence-electron chi connectivity index (χ1n) is 11.4. The first-order valence-corrected chi connectivity index (χ1v) is 11.4. The smallest absolute Gasteiger partial charge is 0.101 e. The molecule has 2 aromatic heterocycles. The standard InChI is InChI=1S/C24H27N7O/c1-16-11-30(22-5-4-17(7-25)24-21(22)3-2-6-27-24)15-20(32-16)14-29-12-19(13-29)31-23-10-26-8-18(23)9-28-31/h2-6,9,16,19-20,26H,8,10-15H2,1H3. The van der Waals surface area contributed by atoms with Gasteiger partial charge in [0, 0.05) is 68.6 Å². The number of pyridine rings is 1. The van der Waals surface area contributed by atoms with Crippen molar-refractivity contribution in [3.63, 3.8) is 0 Å². The number of hydrogen-bond donors (Lipinski definition) is 1. The lowest BCUT2D eigenvalue weighted by Gasteiger charge is -2.45. The van der Waals surface area contributed by atoms with E-state index in [-0.39, 0.29) is 12.2 Å². The predicted octanol–water partition coefficient (Wildman–Crippen LogP) is 2.06. The van der Waals surface area contributed by atoms with Crippen molar-refractivity contribution in [3.8, 4) is 6.07 Å². The molecule has 3 aliphatic rings. The van der Waals surface area contributed by atoms with E-state index < -0.39 is 0 Å². The van der Waals surface area contributed by atoms with Gasteiger partial charge in [0.05, 0.1) is 41.2 Å². The number of rotatable bonds is 4. The molecule has 6 rings (SSSR count). The third-order valence-electron chi connectivity index (χ3n) is 6.87. The van der Waals surface area contributed by atoms with Crippen LogP contribution >= 0.6 is 0 Å². The molecular formula is C24H27N7O. The summed E-state index contributed by atoms with van der Waals surface area (Å²) in [4.78, 5) is 9.34. The molecule has 0 spiro atoms. The van der Waals surface area contributed by atoms with E-state index in [1.807, 2.05) is 18.3 Å². The molecule has 2 unspecified atom stereocenters. The van der Waals surface area contributed by atoms with Crippen LogP contribution in [0.5, 0.6) is 0 Å². The fourth-order valence-corrected chi connectivity index (χ4v) is 5.40. The lowest BCUT2D eigenvalue weighted by Crippen LogP contribution is -2.56. The minimum Gasteiger partial charge on any atom is -0.370 e. The molecule has 32 heavy (non-hydrogen) atoms. The molecule has 0 bridgehead atoms. The van der Waals surface area contributed by atoms with Crippen LogP contribution in [0.2, 0.25) is 0 Å². The van der Waals surface area contributed by atoms with Gasteiger partial charge >= 0.3 is 0 Å². The summed E-state index contributed by atoms with van der Waals surface area (Å²) < 4.78 is 8.54.